The van der Waals surface area contributed by atoms with Gasteiger partial charge in [-0.1, -0.05) is 20.3 Å². The highest BCUT2D eigenvalue weighted by molar-refractivity contribution is 5.24. The van der Waals surface area contributed by atoms with Crippen molar-refractivity contribution in [3.8, 4) is 0 Å². The van der Waals surface area contributed by atoms with E-state index >= 15 is 0 Å². The quantitative estimate of drug-likeness (QED) is 0.856. The highest BCUT2D eigenvalue weighted by Crippen LogP contribution is 2.33. The zero-order chi connectivity index (χ0) is 14.7. The Kier molecular flexibility index (Phi) is 5.05. The van der Waals surface area contributed by atoms with E-state index in [9.17, 15) is 13.2 Å². The molecule has 5 heteroatoms. The smallest absolute Gasteiger partial charge is 0.161 e. The molecule has 0 aromatic heterocycles. The van der Waals surface area contributed by atoms with Crippen LogP contribution >= 0.6 is 0 Å². The van der Waals surface area contributed by atoms with Crippen molar-refractivity contribution >= 4 is 0 Å². The number of nitrogens with one attached hydrogen (secondary N) is 1. The van der Waals surface area contributed by atoms with Crippen molar-refractivity contribution in [3.05, 3.63) is 35.1 Å². The summed E-state index contributed by atoms with van der Waals surface area (Å²) in [5.74, 6) is -2.60. The molecule has 0 saturated carbocycles. The van der Waals surface area contributed by atoms with Gasteiger partial charge in [0.05, 0.1) is 0 Å². The van der Waals surface area contributed by atoms with E-state index in [1.54, 1.807) is 0 Å². The van der Waals surface area contributed by atoms with Gasteiger partial charge in [0.25, 0.3) is 0 Å². The average molecular weight is 286 g/mol. The number of hydrogen-bond donors (Lipinski definition) is 1. The van der Waals surface area contributed by atoms with Crippen molar-refractivity contribution in [1.82, 2.24) is 10.2 Å². The van der Waals surface area contributed by atoms with Crippen molar-refractivity contribution in [1.29, 1.82) is 0 Å². The lowest BCUT2D eigenvalue weighted by molar-refractivity contribution is 0.125. The standard InChI is InChI=1S/C15H21F3N2/c1-3-10(2)15(20-6-4-19-5-7-20)11-8-13(17)14(18)9-12(11)16/h8-10,15,19H,3-7H2,1-2H3/t10?,15-/m0/s1. The summed E-state index contributed by atoms with van der Waals surface area (Å²) in [7, 11) is 0. The third kappa shape index (κ3) is 3.15. The summed E-state index contributed by atoms with van der Waals surface area (Å²) in [6.45, 7) is 7.28. The minimum Gasteiger partial charge on any atom is -0.314 e. The van der Waals surface area contributed by atoms with Gasteiger partial charge in [0.1, 0.15) is 5.82 Å². The van der Waals surface area contributed by atoms with Crippen LogP contribution in [0.25, 0.3) is 0 Å². The largest absolute Gasteiger partial charge is 0.314 e. The van der Waals surface area contributed by atoms with E-state index in [2.05, 4.69) is 10.2 Å². The molecule has 1 saturated heterocycles. The summed E-state index contributed by atoms with van der Waals surface area (Å²) < 4.78 is 40.7. The molecular formula is C15H21F3N2. The van der Waals surface area contributed by atoms with Crippen LogP contribution in [0.1, 0.15) is 31.9 Å². The zero-order valence-electron chi connectivity index (χ0n) is 11.9. The zero-order valence-corrected chi connectivity index (χ0v) is 11.9. The van der Waals surface area contributed by atoms with Gasteiger partial charge in [0, 0.05) is 43.9 Å². The predicted molar refractivity (Wildman–Crippen MR) is 73.0 cm³/mol. The van der Waals surface area contributed by atoms with E-state index in [4.69, 9.17) is 0 Å². The Morgan fingerprint density at radius 3 is 2.30 bits per heavy atom. The highest BCUT2D eigenvalue weighted by atomic mass is 19.2. The first-order valence-corrected chi connectivity index (χ1v) is 7.13. The van der Waals surface area contributed by atoms with Gasteiger partial charge in [-0.05, 0) is 12.0 Å². The molecule has 1 heterocycles. The molecule has 2 atom stereocenters. The first-order valence-electron chi connectivity index (χ1n) is 7.13. The SMILES string of the molecule is CCC(C)[C@@H](c1cc(F)c(F)cc1F)N1CCNCC1. The molecule has 112 valence electrons. The van der Waals surface area contributed by atoms with Gasteiger partial charge in [0.15, 0.2) is 11.6 Å². The van der Waals surface area contributed by atoms with Gasteiger partial charge in [-0.15, -0.1) is 0 Å². The summed E-state index contributed by atoms with van der Waals surface area (Å²) in [6, 6.07) is 1.46. The summed E-state index contributed by atoms with van der Waals surface area (Å²) in [6.07, 6.45) is 0.854. The Labute approximate surface area is 118 Å². The van der Waals surface area contributed by atoms with Gasteiger partial charge < -0.3 is 5.32 Å². The second-order valence-electron chi connectivity index (χ2n) is 5.40. The molecule has 2 rings (SSSR count). The Bertz CT molecular complexity index is 459. The molecule has 1 unspecified atom stereocenters. The fourth-order valence-corrected chi connectivity index (χ4v) is 2.81. The predicted octanol–water partition coefficient (Wildman–Crippen LogP) is 3.10. The molecule has 1 aliphatic rings. The molecule has 0 amide bonds. The number of hydrogen-bond acceptors (Lipinski definition) is 2. The van der Waals surface area contributed by atoms with Crippen LogP contribution in [0.2, 0.25) is 0 Å². The van der Waals surface area contributed by atoms with Crippen molar-refractivity contribution in [2.24, 2.45) is 5.92 Å². The van der Waals surface area contributed by atoms with Crippen LogP contribution in [-0.2, 0) is 0 Å². The second-order valence-corrected chi connectivity index (χ2v) is 5.40. The number of benzene rings is 1. The Balaban J connectivity index is 2.37. The second kappa shape index (κ2) is 6.59. The molecule has 1 fully saturated rings. The van der Waals surface area contributed by atoms with Crippen LogP contribution in [-0.4, -0.2) is 31.1 Å². The minimum absolute atomic E-state index is 0.174. The number of rotatable bonds is 4. The van der Waals surface area contributed by atoms with Crippen LogP contribution < -0.4 is 5.32 Å². The summed E-state index contributed by atoms with van der Waals surface area (Å²) in [5, 5.41) is 3.24. The molecule has 0 spiro atoms. The molecule has 0 bridgehead atoms. The van der Waals surface area contributed by atoms with E-state index in [0.29, 0.717) is 6.07 Å². The molecule has 2 nitrogen and oxygen atoms in total. The van der Waals surface area contributed by atoms with Crippen LogP contribution in [0.3, 0.4) is 0 Å². The molecule has 0 aliphatic carbocycles. The molecule has 1 N–H and O–H groups in total. The van der Waals surface area contributed by atoms with E-state index in [0.717, 1.165) is 38.7 Å². The Morgan fingerprint density at radius 1 is 1.10 bits per heavy atom. The van der Waals surface area contributed by atoms with Gasteiger partial charge >= 0.3 is 0 Å². The number of nitrogens with zero attached hydrogens (tertiary/aromatic N) is 1. The van der Waals surface area contributed by atoms with Crippen molar-refractivity contribution in [2.75, 3.05) is 26.2 Å². The van der Waals surface area contributed by atoms with E-state index in [1.807, 2.05) is 13.8 Å². The first kappa shape index (κ1) is 15.3. The topological polar surface area (TPSA) is 15.3 Å². The summed E-state index contributed by atoms with van der Waals surface area (Å²) >= 11 is 0. The fraction of sp³-hybridized carbons (Fsp3) is 0.600. The molecule has 20 heavy (non-hydrogen) atoms. The van der Waals surface area contributed by atoms with Gasteiger partial charge in [-0.3, -0.25) is 4.90 Å². The lowest BCUT2D eigenvalue weighted by atomic mass is 9.90. The summed E-state index contributed by atoms with van der Waals surface area (Å²) in [4.78, 5) is 2.15. The van der Waals surface area contributed by atoms with Crippen LogP contribution in [0, 0.1) is 23.4 Å². The fourth-order valence-electron chi connectivity index (χ4n) is 2.81. The third-order valence-corrected chi connectivity index (χ3v) is 4.09. The first-order chi connectivity index (χ1) is 9.54. The lowest BCUT2D eigenvalue weighted by Crippen LogP contribution is -2.46. The average Bonchev–Trinajstić information content (AvgIpc) is 2.45. The van der Waals surface area contributed by atoms with E-state index in [1.165, 1.54) is 0 Å². The summed E-state index contributed by atoms with van der Waals surface area (Å²) in [5.41, 5.74) is 0.264. The lowest BCUT2D eigenvalue weighted by Gasteiger charge is -2.38. The van der Waals surface area contributed by atoms with Gasteiger partial charge in [-0.25, -0.2) is 13.2 Å². The maximum Gasteiger partial charge on any atom is 0.161 e. The van der Waals surface area contributed by atoms with Crippen molar-refractivity contribution in [2.45, 2.75) is 26.3 Å². The Morgan fingerprint density at radius 2 is 1.70 bits per heavy atom. The maximum atomic E-state index is 14.1. The van der Waals surface area contributed by atoms with Gasteiger partial charge in [-0.2, -0.15) is 0 Å². The normalized spacial score (nSPS) is 19.9. The molecule has 1 aromatic rings. The molecule has 0 radical (unpaired) electrons. The van der Waals surface area contributed by atoms with Crippen LogP contribution in [0.15, 0.2) is 12.1 Å². The van der Waals surface area contributed by atoms with E-state index < -0.39 is 17.5 Å². The van der Waals surface area contributed by atoms with E-state index in [-0.39, 0.29) is 17.5 Å². The molecule has 1 aliphatic heterocycles. The number of halogens is 3. The molecule has 1 aromatic carbocycles. The minimum atomic E-state index is -1.13. The Hall–Kier alpha value is -1.07. The highest BCUT2D eigenvalue weighted by Gasteiger charge is 2.29. The van der Waals surface area contributed by atoms with Crippen LogP contribution in [0.4, 0.5) is 13.2 Å². The van der Waals surface area contributed by atoms with Crippen molar-refractivity contribution < 1.29 is 13.2 Å². The maximum absolute atomic E-state index is 14.1. The third-order valence-electron chi connectivity index (χ3n) is 4.09. The van der Waals surface area contributed by atoms with Crippen molar-refractivity contribution in [3.63, 3.8) is 0 Å². The molecular weight excluding hydrogens is 265 g/mol. The van der Waals surface area contributed by atoms with Crippen LogP contribution in [0.5, 0.6) is 0 Å². The monoisotopic (exact) mass is 286 g/mol. The number of piperazine rings is 1. The van der Waals surface area contributed by atoms with Gasteiger partial charge in [0.2, 0.25) is 0 Å².